The first kappa shape index (κ1) is 14.6. The zero-order valence-corrected chi connectivity index (χ0v) is 14.0. The minimum absolute atomic E-state index is 0.373. The van der Waals surface area contributed by atoms with E-state index in [0.717, 1.165) is 12.2 Å². The lowest BCUT2D eigenvalue weighted by Gasteiger charge is -2.18. The first-order chi connectivity index (χ1) is 10.3. The molecule has 0 N–H and O–H groups in total. The number of hydrogen-bond donors (Lipinski definition) is 0. The van der Waals surface area contributed by atoms with Crippen LogP contribution in [0.5, 0.6) is 5.75 Å². The van der Waals surface area contributed by atoms with Crippen molar-refractivity contribution in [1.82, 2.24) is 0 Å². The highest BCUT2D eigenvalue weighted by Crippen LogP contribution is 2.31. The van der Waals surface area contributed by atoms with Gasteiger partial charge in [0, 0.05) is 4.83 Å². The molecule has 1 atom stereocenters. The third kappa shape index (κ3) is 3.49. The predicted octanol–water partition coefficient (Wildman–Crippen LogP) is 5.25. The number of halogens is 1. The molecule has 1 nitrogen and oxygen atoms in total. The monoisotopic (exact) mass is 344 g/mol. The molecule has 2 aromatic rings. The van der Waals surface area contributed by atoms with E-state index >= 15 is 0 Å². The van der Waals surface area contributed by atoms with Crippen molar-refractivity contribution < 1.29 is 4.74 Å². The Labute approximate surface area is 135 Å². The van der Waals surface area contributed by atoms with Crippen LogP contribution in [0.1, 0.15) is 39.9 Å². The maximum absolute atomic E-state index is 5.21. The summed E-state index contributed by atoms with van der Waals surface area (Å²) in [6.07, 6.45) is 6.17. The smallest absolute Gasteiger partial charge is 0.118 e. The fourth-order valence-electron chi connectivity index (χ4n) is 3.03. The summed E-state index contributed by atoms with van der Waals surface area (Å²) < 4.78 is 5.21. The first-order valence-corrected chi connectivity index (χ1v) is 8.56. The molecule has 21 heavy (non-hydrogen) atoms. The van der Waals surface area contributed by atoms with Crippen LogP contribution >= 0.6 is 15.9 Å². The van der Waals surface area contributed by atoms with Gasteiger partial charge in [-0.2, -0.15) is 0 Å². The van der Waals surface area contributed by atoms with Crippen molar-refractivity contribution in [2.24, 2.45) is 0 Å². The van der Waals surface area contributed by atoms with Gasteiger partial charge in [-0.3, -0.25) is 0 Å². The third-order valence-corrected chi connectivity index (χ3v) is 5.16. The molecule has 0 aromatic heterocycles. The largest absolute Gasteiger partial charge is 0.497 e. The second kappa shape index (κ2) is 6.65. The van der Waals surface area contributed by atoms with E-state index in [-0.39, 0.29) is 0 Å². The van der Waals surface area contributed by atoms with Gasteiger partial charge in [-0.25, -0.2) is 0 Å². The van der Waals surface area contributed by atoms with Crippen LogP contribution in [0.25, 0.3) is 0 Å². The van der Waals surface area contributed by atoms with E-state index in [4.69, 9.17) is 4.74 Å². The molecule has 1 aliphatic rings. The summed E-state index contributed by atoms with van der Waals surface area (Å²) in [5.41, 5.74) is 5.83. The maximum Gasteiger partial charge on any atom is 0.118 e. The normalized spacial score (nSPS) is 15.3. The Morgan fingerprint density at radius 1 is 1.00 bits per heavy atom. The van der Waals surface area contributed by atoms with E-state index in [2.05, 4.69) is 46.3 Å². The summed E-state index contributed by atoms with van der Waals surface area (Å²) in [4.78, 5) is 0.373. The zero-order valence-electron chi connectivity index (χ0n) is 12.4. The second-order valence-corrected chi connectivity index (χ2v) is 6.86. The summed E-state index contributed by atoms with van der Waals surface area (Å²) in [6, 6.07) is 15.4. The Morgan fingerprint density at radius 3 is 2.43 bits per heavy atom. The van der Waals surface area contributed by atoms with E-state index in [1.807, 2.05) is 12.1 Å². The van der Waals surface area contributed by atoms with Crippen LogP contribution in [-0.4, -0.2) is 7.11 Å². The average Bonchev–Trinajstić information content (AvgIpc) is 2.55. The van der Waals surface area contributed by atoms with E-state index in [1.165, 1.54) is 36.8 Å². The molecule has 0 spiro atoms. The predicted molar refractivity (Wildman–Crippen MR) is 91.5 cm³/mol. The van der Waals surface area contributed by atoms with Crippen LogP contribution in [0.4, 0.5) is 0 Å². The molecule has 0 saturated carbocycles. The first-order valence-electron chi connectivity index (χ1n) is 7.65. The molecule has 1 unspecified atom stereocenters. The van der Waals surface area contributed by atoms with Gasteiger partial charge in [0.05, 0.1) is 7.11 Å². The molecule has 0 heterocycles. The molecule has 0 fully saturated rings. The van der Waals surface area contributed by atoms with Crippen LogP contribution in [0, 0.1) is 0 Å². The van der Waals surface area contributed by atoms with Crippen molar-refractivity contribution in [3.8, 4) is 5.75 Å². The summed E-state index contributed by atoms with van der Waals surface area (Å²) >= 11 is 3.85. The quantitative estimate of drug-likeness (QED) is 0.688. The van der Waals surface area contributed by atoms with Gasteiger partial charge in [0.1, 0.15) is 5.75 Å². The van der Waals surface area contributed by atoms with Crippen LogP contribution in [0.15, 0.2) is 42.5 Å². The molecule has 0 aliphatic heterocycles. The minimum atomic E-state index is 0.373. The maximum atomic E-state index is 5.21. The number of methoxy groups -OCH3 is 1. The van der Waals surface area contributed by atoms with Gasteiger partial charge in [0.15, 0.2) is 0 Å². The van der Waals surface area contributed by atoms with E-state index in [0.29, 0.717) is 4.83 Å². The Hall–Kier alpha value is -1.28. The number of alkyl halides is 1. The van der Waals surface area contributed by atoms with E-state index in [9.17, 15) is 0 Å². The highest BCUT2D eigenvalue weighted by Gasteiger charge is 2.13. The molecular weight excluding hydrogens is 324 g/mol. The van der Waals surface area contributed by atoms with Crippen molar-refractivity contribution in [3.05, 3.63) is 64.7 Å². The highest BCUT2D eigenvalue weighted by atomic mass is 79.9. The van der Waals surface area contributed by atoms with Gasteiger partial charge in [-0.15, -0.1) is 0 Å². The van der Waals surface area contributed by atoms with Crippen molar-refractivity contribution in [2.75, 3.05) is 7.11 Å². The lowest BCUT2D eigenvalue weighted by atomic mass is 9.89. The lowest BCUT2D eigenvalue weighted by Crippen LogP contribution is -2.04. The summed E-state index contributed by atoms with van der Waals surface area (Å²) in [7, 11) is 1.70. The molecular formula is C19H21BrO. The standard InChI is InChI=1S/C19H21BrO/c1-21-18-10-6-14(7-11-18)12-19(20)17-9-8-15-4-2-3-5-16(15)13-17/h6-11,13,19H,2-5,12H2,1H3. The Kier molecular flexibility index (Phi) is 4.64. The fourth-order valence-corrected chi connectivity index (χ4v) is 3.69. The van der Waals surface area contributed by atoms with Crippen LogP contribution in [0.3, 0.4) is 0 Å². The summed E-state index contributed by atoms with van der Waals surface area (Å²) in [5, 5.41) is 0. The molecule has 2 aromatic carbocycles. The third-order valence-electron chi connectivity index (χ3n) is 4.31. The molecule has 1 aliphatic carbocycles. The van der Waals surface area contributed by atoms with Gasteiger partial charge >= 0.3 is 0 Å². The number of fused-ring (bicyclic) bond motifs is 1. The summed E-state index contributed by atoms with van der Waals surface area (Å²) in [5.74, 6) is 0.915. The van der Waals surface area contributed by atoms with E-state index < -0.39 is 0 Å². The van der Waals surface area contributed by atoms with Crippen LogP contribution in [-0.2, 0) is 19.3 Å². The number of benzene rings is 2. The van der Waals surface area contributed by atoms with Gasteiger partial charge in [-0.1, -0.05) is 46.3 Å². The summed E-state index contributed by atoms with van der Waals surface area (Å²) in [6.45, 7) is 0. The van der Waals surface area contributed by atoms with Gasteiger partial charge < -0.3 is 4.74 Å². The van der Waals surface area contributed by atoms with Crippen molar-refractivity contribution in [2.45, 2.75) is 36.9 Å². The van der Waals surface area contributed by atoms with Crippen molar-refractivity contribution >= 4 is 15.9 Å². The highest BCUT2D eigenvalue weighted by molar-refractivity contribution is 9.09. The van der Waals surface area contributed by atoms with Crippen LogP contribution < -0.4 is 4.74 Å². The SMILES string of the molecule is COc1ccc(CC(Br)c2ccc3c(c2)CCCC3)cc1. The molecule has 0 amide bonds. The number of aryl methyl sites for hydroxylation is 2. The number of rotatable bonds is 4. The second-order valence-electron chi connectivity index (χ2n) is 5.75. The lowest BCUT2D eigenvalue weighted by molar-refractivity contribution is 0.414. The molecule has 0 saturated heterocycles. The average molecular weight is 345 g/mol. The fraction of sp³-hybridized carbons (Fsp3) is 0.368. The van der Waals surface area contributed by atoms with Crippen LogP contribution in [0.2, 0.25) is 0 Å². The number of ether oxygens (including phenoxy) is 1. The Morgan fingerprint density at radius 2 is 1.71 bits per heavy atom. The Balaban J connectivity index is 1.73. The molecule has 0 radical (unpaired) electrons. The molecule has 3 rings (SSSR count). The molecule has 0 bridgehead atoms. The van der Waals surface area contributed by atoms with Crippen molar-refractivity contribution in [3.63, 3.8) is 0 Å². The van der Waals surface area contributed by atoms with E-state index in [1.54, 1.807) is 18.2 Å². The molecule has 2 heteroatoms. The van der Waals surface area contributed by atoms with Gasteiger partial charge in [0.25, 0.3) is 0 Å². The number of hydrogen-bond acceptors (Lipinski definition) is 1. The van der Waals surface area contributed by atoms with Gasteiger partial charge in [-0.05, 0) is 66.5 Å². The van der Waals surface area contributed by atoms with Gasteiger partial charge in [0.2, 0.25) is 0 Å². The topological polar surface area (TPSA) is 9.23 Å². The zero-order chi connectivity index (χ0) is 14.7. The minimum Gasteiger partial charge on any atom is -0.497 e. The van der Waals surface area contributed by atoms with Crippen molar-refractivity contribution in [1.29, 1.82) is 0 Å². The Bertz CT molecular complexity index is 603. The molecule has 110 valence electrons.